The molecule has 0 radical (unpaired) electrons. The van der Waals surface area contributed by atoms with Gasteiger partial charge in [-0.05, 0) is 36.5 Å². The van der Waals surface area contributed by atoms with Crippen molar-refractivity contribution >= 4 is 0 Å². The molecule has 12 heavy (non-hydrogen) atoms. The molecule has 0 bridgehead atoms. The van der Waals surface area contributed by atoms with Gasteiger partial charge in [-0.2, -0.15) is 0 Å². The molecule has 0 aromatic rings. The summed E-state index contributed by atoms with van der Waals surface area (Å²) in [6.07, 6.45) is 9.14. The summed E-state index contributed by atoms with van der Waals surface area (Å²) >= 11 is 0. The molecule has 0 nitrogen and oxygen atoms in total. The van der Waals surface area contributed by atoms with Gasteiger partial charge < -0.3 is 0 Å². The van der Waals surface area contributed by atoms with Crippen LogP contribution < -0.4 is 0 Å². The van der Waals surface area contributed by atoms with Crippen molar-refractivity contribution in [1.82, 2.24) is 0 Å². The van der Waals surface area contributed by atoms with E-state index < -0.39 is 0 Å². The predicted molar refractivity (Wildman–Crippen MR) is 53.0 cm³/mol. The van der Waals surface area contributed by atoms with Gasteiger partial charge in [0.1, 0.15) is 0 Å². The van der Waals surface area contributed by atoms with Crippen molar-refractivity contribution < 1.29 is 0 Å². The molecule has 0 saturated heterocycles. The van der Waals surface area contributed by atoms with Crippen molar-refractivity contribution in [2.75, 3.05) is 0 Å². The largest absolute Gasteiger partial charge is 0.0625 e. The first-order valence-electron chi connectivity index (χ1n) is 5.77. The molecular formula is C12H22. The molecule has 70 valence electrons. The van der Waals surface area contributed by atoms with E-state index in [1.807, 2.05) is 0 Å². The number of hydrogen-bond donors (Lipinski definition) is 0. The van der Waals surface area contributed by atoms with Gasteiger partial charge >= 0.3 is 0 Å². The van der Waals surface area contributed by atoms with Crippen molar-refractivity contribution in [3.8, 4) is 0 Å². The Bertz CT molecular complexity index is 150. The first-order valence-corrected chi connectivity index (χ1v) is 5.77. The minimum absolute atomic E-state index is 1.02. The van der Waals surface area contributed by atoms with Gasteiger partial charge in [0.25, 0.3) is 0 Å². The van der Waals surface area contributed by atoms with Crippen LogP contribution in [0.3, 0.4) is 0 Å². The Labute approximate surface area is 76.7 Å². The maximum absolute atomic E-state index is 2.48. The van der Waals surface area contributed by atoms with Crippen LogP contribution in [0.25, 0.3) is 0 Å². The number of fused-ring (bicyclic) bond motifs is 1. The molecule has 2 aliphatic rings. The highest BCUT2D eigenvalue weighted by molar-refractivity contribution is 4.85. The lowest BCUT2D eigenvalue weighted by Crippen LogP contribution is -2.32. The van der Waals surface area contributed by atoms with Gasteiger partial charge in [-0.15, -0.1) is 0 Å². The van der Waals surface area contributed by atoms with E-state index in [4.69, 9.17) is 0 Å². The van der Waals surface area contributed by atoms with E-state index in [-0.39, 0.29) is 0 Å². The SMILES string of the molecule is C[C@H]1CC[C@@H]2CCC[C@@H](C)C2C1. The molecule has 2 aliphatic carbocycles. The highest BCUT2D eigenvalue weighted by Crippen LogP contribution is 2.45. The van der Waals surface area contributed by atoms with Gasteiger partial charge in [0.05, 0.1) is 0 Å². The van der Waals surface area contributed by atoms with E-state index in [0.717, 1.165) is 23.7 Å². The Balaban J connectivity index is 2.00. The molecular weight excluding hydrogens is 144 g/mol. The second kappa shape index (κ2) is 3.40. The second-order valence-electron chi connectivity index (χ2n) is 5.25. The lowest BCUT2D eigenvalue weighted by Gasteiger charge is -2.42. The lowest BCUT2D eigenvalue weighted by atomic mass is 9.64. The van der Waals surface area contributed by atoms with Gasteiger partial charge in [-0.3, -0.25) is 0 Å². The summed E-state index contributed by atoms with van der Waals surface area (Å²) in [5.74, 6) is 4.27. The third-order valence-corrected chi connectivity index (χ3v) is 4.28. The highest BCUT2D eigenvalue weighted by atomic mass is 14.4. The van der Waals surface area contributed by atoms with Gasteiger partial charge in [0.15, 0.2) is 0 Å². The van der Waals surface area contributed by atoms with Crippen LogP contribution in [0.5, 0.6) is 0 Å². The topological polar surface area (TPSA) is 0 Å². The standard InChI is InChI=1S/C12H22/c1-9-6-7-11-5-3-4-10(2)12(11)8-9/h9-12H,3-8H2,1-2H3/t9-,10+,11-,12?/m0/s1. The number of rotatable bonds is 0. The van der Waals surface area contributed by atoms with E-state index >= 15 is 0 Å². The van der Waals surface area contributed by atoms with E-state index in [1.54, 1.807) is 6.42 Å². The van der Waals surface area contributed by atoms with Crippen LogP contribution in [0.15, 0.2) is 0 Å². The summed E-state index contributed by atoms with van der Waals surface area (Å²) in [6, 6.07) is 0. The minimum atomic E-state index is 1.02. The molecule has 0 amide bonds. The fourth-order valence-electron chi connectivity index (χ4n) is 3.46. The van der Waals surface area contributed by atoms with Crippen molar-refractivity contribution in [2.24, 2.45) is 23.7 Å². The first kappa shape index (κ1) is 8.59. The fraction of sp³-hybridized carbons (Fsp3) is 1.00. The van der Waals surface area contributed by atoms with Gasteiger partial charge in [-0.25, -0.2) is 0 Å². The van der Waals surface area contributed by atoms with Crippen molar-refractivity contribution in [3.05, 3.63) is 0 Å². The highest BCUT2D eigenvalue weighted by Gasteiger charge is 2.34. The molecule has 0 aromatic carbocycles. The van der Waals surface area contributed by atoms with Crippen LogP contribution in [-0.4, -0.2) is 0 Å². The maximum Gasteiger partial charge on any atom is -0.0358 e. The van der Waals surface area contributed by atoms with E-state index in [2.05, 4.69) is 13.8 Å². The van der Waals surface area contributed by atoms with E-state index in [9.17, 15) is 0 Å². The molecule has 2 fully saturated rings. The van der Waals surface area contributed by atoms with Gasteiger partial charge in [0, 0.05) is 0 Å². The van der Waals surface area contributed by atoms with Gasteiger partial charge in [-0.1, -0.05) is 39.5 Å². The summed E-state index contributed by atoms with van der Waals surface area (Å²) in [5, 5.41) is 0. The molecule has 1 unspecified atom stereocenters. The summed E-state index contributed by atoms with van der Waals surface area (Å²) < 4.78 is 0. The summed E-state index contributed by atoms with van der Waals surface area (Å²) in [5.41, 5.74) is 0. The molecule has 0 spiro atoms. The first-order chi connectivity index (χ1) is 5.77. The maximum atomic E-state index is 2.48. The van der Waals surface area contributed by atoms with Crippen LogP contribution in [0.1, 0.15) is 52.4 Å². The quantitative estimate of drug-likeness (QED) is 0.512. The van der Waals surface area contributed by atoms with E-state index in [0.29, 0.717) is 0 Å². The second-order valence-corrected chi connectivity index (χ2v) is 5.25. The Hall–Kier alpha value is 0. The Morgan fingerprint density at radius 2 is 1.75 bits per heavy atom. The van der Waals surface area contributed by atoms with Crippen molar-refractivity contribution in [1.29, 1.82) is 0 Å². The van der Waals surface area contributed by atoms with Gasteiger partial charge in [0.2, 0.25) is 0 Å². The Kier molecular flexibility index (Phi) is 2.43. The molecule has 2 saturated carbocycles. The molecule has 0 aliphatic heterocycles. The van der Waals surface area contributed by atoms with Crippen LogP contribution in [0.4, 0.5) is 0 Å². The predicted octanol–water partition coefficient (Wildman–Crippen LogP) is 3.86. The van der Waals surface area contributed by atoms with Crippen LogP contribution in [0, 0.1) is 23.7 Å². The fourth-order valence-corrected chi connectivity index (χ4v) is 3.46. The Morgan fingerprint density at radius 1 is 0.917 bits per heavy atom. The molecule has 0 heteroatoms. The van der Waals surface area contributed by atoms with Crippen LogP contribution in [-0.2, 0) is 0 Å². The molecule has 0 aromatic heterocycles. The third kappa shape index (κ3) is 1.53. The zero-order chi connectivity index (χ0) is 8.55. The van der Waals surface area contributed by atoms with Crippen molar-refractivity contribution in [2.45, 2.75) is 52.4 Å². The zero-order valence-electron chi connectivity index (χ0n) is 8.55. The zero-order valence-corrected chi connectivity index (χ0v) is 8.55. The minimum Gasteiger partial charge on any atom is -0.0625 e. The Morgan fingerprint density at radius 3 is 2.58 bits per heavy atom. The molecule has 0 N–H and O–H groups in total. The van der Waals surface area contributed by atoms with E-state index in [1.165, 1.54) is 32.1 Å². The normalized spacial score (nSPS) is 48.5. The number of hydrogen-bond acceptors (Lipinski definition) is 0. The molecule has 2 rings (SSSR count). The smallest absolute Gasteiger partial charge is 0.0358 e. The molecule has 0 heterocycles. The van der Waals surface area contributed by atoms with Crippen LogP contribution in [0.2, 0.25) is 0 Å². The summed E-state index contributed by atoms with van der Waals surface area (Å²) in [7, 11) is 0. The third-order valence-electron chi connectivity index (χ3n) is 4.28. The van der Waals surface area contributed by atoms with Crippen LogP contribution >= 0.6 is 0 Å². The lowest BCUT2D eigenvalue weighted by molar-refractivity contribution is 0.0880. The average molecular weight is 166 g/mol. The summed E-state index contributed by atoms with van der Waals surface area (Å²) in [6.45, 7) is 4.92. The molecule has 4 atom stereocenters. The summed E-state index contributed by atoms with van der Waals surface area (Å²) in [4.78, 5) is 0. The average Bonchev–Trinajstić information content (AvgIpc) is 2.07. The van der Waals surface area contributed by atoms with Crippen molar-refractivity contribution in [3.63, 3.8) is 0 Å². The monoisotopic (exact) mass is 166 g/mol.